The monoisotopic (exact) mass is 304 g/mol. The zero-order valence-electron chi connectivity index (χ0n) is 10.5. The van der Waals surface area contributed by atoms with Crippen molar-refractivity contribution in [2.75, 3.05) is 0 Å². The van der Waals surface area contributed by atoms with Crippen molar-refractivity contribution in [2.45, 2.75) is 23.3 Å². The highest BCUT2D eigenvalue weighted by Crippen LogP contribution is 2.43. The molecule has 1 aromatic heterocycles. The Morgan fingerprint density at radius 3 is 2.75 bits per heavy atom. The molecule has 20 heavy (non-hydrogen) atoms. The third-order valence-electron chi connectivity index (χ3n) is 3.30. The number of benzene rings is 1. The van der Waals surface area contributed by atoms with Crippen molar-refractivity contribution >= 4 is 21.4 Å². The summed E-state index contributed by atoms with van der Waals surface area (Å²) < 4.78 is 27.3. The van der Waals surface area contributed by atoms with Gasteiger partial charge < -0.3 is 0 Å². The van der Waals surface area contributed by atoms with Crippen LogP contribution in [0.5, 0.6) is 0 Å². The molecule has 4 nitrogen and oxygen atoms in total. The van der Waals surface area contributed by atoms with Gasteiger partial charge in [-0.05, 0) is 30.0 Å². The summed E-state index contributed by atoms with van der Waals surface area (Å²) in [6, 6.07) is 12.1. The minimum atomic E-state index is -3.63. The zero-order chi connectivity index (χ0) is 14.2. The molecular formula is C14H12N2O2S2. The summed E-state index contributed by atoms with van der Waals surface area (Å²) in [6.45, 7) is 0. The Labute approximate surface area is 121 Å². The van der Waals surface area contributed by atoms with Gasteiger partial charge in [-0.2, -0.15) is 5.26 Å². The fourth-order valence-electron chi connectivity index (χ4n) is 2.20. The van der Waals surface area contributed by atoms with Crippen molar-refractivity contribution in [3.8, 4) is 6.07 Å². The second-order valence-corrected chi connectivity index (χ2v) is 7.36. The van der Waals surface area contributed by atoms with Crippen LogP contribution in [-0.2, 0) is 10.0 Å². The van der Waals surface area contributed by atoms with Crippen LogP contribution in [-0.4, -0.2) is 14.5 Å². The molecule has 0 aliphatic heterocycles. The fraction of sp³-hybridized carbons (Fsp3) is 0.214. The van der Waals surface area contributed by atoms with Crippen LogP contribution < -0.4 is 4.72 Å². The van der Waals surface area contributed by atoms with Crippen LogP contribution >= 0.6 is 11.3 Å². The van der Waals surface area contributed by atoms with E-state index in [1.165, 1.54) is 17.0 Å². The summed E-state index contributed by atoms with van der Waals surface area (Å²) in [5, 5.41) is 11.0. The number of nitriles is 1. The van der Waals surface area contributed by atoms with Gasteiger partial charge in [0, 0.05) is 16.8 Å². The average Bonchev–Trinajstić information content (AvgIpc) is 2.99. The second kappa shape index (κ2) is 5.02. The average molecular weight is 304 g/mol. The summed E-state index contributed by atoms with van der Waals surface area (Å²) >= 11 is 1.64. The van der Waals surface area contributed by atoms with Gasteiger partial charge in [0.15, 0.2) is 0 Å². The lowest BCUT2D eigenvalue weighted by atomic mass is 10.2. The second-order valence-electron chi connectivity index (χ2n) is 4.69. The lowest BCUT2D eigenvalue weighted by Crippen LogP contribution is -2.27. The zero-order valence-corrected chi connectivity index (χ0v) is 12.1. The number of nitrogens with zero attached hydrogens (tertiary/aromatic N) is 1. The van der Waals surface area contributed by atoms with Gasteiger partial charge in [-0.15, -0.1) is 11.3 Å². The Bertz CT molecular complexity index is 761. The summed E-state index contributed by atoms with van der Waals surface area (Å²) in [5.74, 6) is 0.263. The molecule has 6 heteroatoms. The van der Waals surface area contributed by atoms with Crippen LogP contribution in [0.3, 0.4) is 0 Å². The Kier molecular flexibility index (Phi) is 3.34. The maximum Gasteiger partial charge on any atom is 0.242 e. The van der Waals surface area contributed by atoms with E-state index in [-0.39, 0.29) is 22.4 Å². The first-order valence-electron chi connectivity index (χ1n) is 6.16. The summed E-state index contributed by atoms with van der Waals surface area (Å²) in [6.07, 6.45) is 0.814. The van der Waals surface area contributed by atoms with E-state index in [0.717, 1.165) is 6.42 Å². The predicted octanol–water partition coefficient (Wildman–Crippen LogP) is 2.45. The summed E-state index contributed by atoms with van der Waals surface area (Å²) in [4.78, 5) is 1.26. The number of sulfonamides is 1. The molecular weight excluding hydrogens is 292 g/mol. The molecule has 2 aromatic rings. The molecule has 1 heterocycles. The van der Waals surface area contributed by atoms with E-state index in [0.29, 0.717) is 0 Å². The Hall–Kier alpha value is -1.68. The topological polar surface area (TPSA) is 70.0 Å². The SMILES string of the molecule is N#Cc1ccccc1S(=O)(=O)NC1CC1c1cccs1. The number of rotatable bonds is 4. The van der Waals surface area contributed by atoms with Gasteiger partial charge in [0.25, 0.3) is 0 Å². The first kappa shape index (κ1) is 13.3. The fourth-order valence-corrected chi connectivity index (χ4v) is 4.55. The molecule has 102 valence electrons. The highest BCUT2D eigenvalue weighted by Gasteiger charge is 2.42. The Morgan fingerprint density at radius 1 is 1.25 bits per heavy atom. The van der Waals surface area contributed by atoms with Crippen LogP contribution in [0.4, 0.5) is 0 Å². The summed E-state index contributed by atoms with van der Waals surface area (Å²) in [5.41, 5.74) is 0.174. The first-order valence-corrected chi connectivity index (χ1v) is 8.53. The molecule has 1 aliphatic carbocycles. The van der Waals surface area contributed by atoms with Crippen LogP contribution in [0.15, 0.2) is 46.7 Å². The number of hydrogen-bond donors (Lipinski definition) is 1. The van der Waals surface area contributed by atoms with E-state index < -0.39 is 10.0 Å². The van der Waals surface area contributed by atoms with Gasteiger partial charge in [-0.1, -0.05) is 18.2 Å². The van der Waals surface area contributed by atoms with Gasteiger partial charge >= 0.3 is 0 Å². The molecule has 1 fully saturated rings. The standard InChI is InChI=1S/C14H12N2O2S2/c15-9-10-4-1-2-6-14(10)20(17,18)16-12-8-11(12)13-5-3-7-19-13/h1-7,11-12,16H,8H2. The van der Waals surface area contributed by atoms with E-state index in [1.54, 1.807) is 23.5 Å². The van der Waals surface area contributed by atoms with Crippen LogP contribution in [0.1, 0.15) is 22.8 Å². The molecule has 2 unspecified atom stereocenters. The molecule has 3 rings (SSSR count). The van der Waals surface area contributed by atoms with Gasteiger partial charge in [0.05, 0.1) is 10.5 Å². The van der Waals surface area contributed by atoms with Crippen LogP contribution in [0, 0.1) is 11.3 Å². The van der Waals surface area contributed by atoms with Gasteiger partial charge in [0.2, 0.25) is 10.0 Å². The molecule has 2 atom stereocenters. The molecule has 0 bridgehead atoms. The normalized spacial score (nSPS) is 21.4. The lowest BCUT2D eigenvalue weighted by Gasteiger charge is -2.07. The maximum atomic E-state index is 12.3. The van der Waals surface area contributed by atoms with E-state index in [1.807, 2.05) is 23.6 Å². The smallest absolute Gasteiger partial charge is 0.207 e. The highest BCUT2D eigenvalue weighted by molar-refractivity contribution is 7.89. The number of thiophene rings is 1. The lowest BCUT2D eigenvalue weighted by molar-refractivity contribution is 0.580. The molecule has 0 spiro atoms. The predicted molar refractivity (Wildman–Crippen MR) is 76.9 cm³/mol. The van der Waals surface area contributed by atoms with Crippen molar-refractivity contribution in [3.05, 3.63) is 52.2 Å². The van der Waals surface area contributed by atoms with E-state index >= 15 is 0 Å². The van der Waals surface area contributed by atoms with E-state index in [9.17, 15) is 8.42 Å². The molecule has 0 saturated heterocycles. The third-order valence-corrected chi connectivity index (χ3v) is 5.85. The highest BCUT2D eigenvalue weighted by atomic mass is 32.2. The van der Waals surface area contributed by atoms with Gasteiger partial charge in [0.1, 0.15) is 6.07 Å². The van der Waals surface area contributed by atoms with Crippen molar-refractivity contribution in [3.63, 3.8) is 0 Å². The molecule has 1 aliphatic rings. The number of hydrogen-bond acceptors (Lipinski definition) is 4. The van der Waals surface area contributed by atoms with E-state index in [2.05, 4.69) is 4.72 Å². The number of nitrogens with one attached hydrogen (secondary N) is 1. The van der Waals surface area contributed by atoms with Crippen molar-refractivity contribution < 1.29 is 8.42 Å². The molecule has 1 aromatic carbocycles. The van der Waals surface area contributed by atoms with Crippen molar-refractivity contribution in [1.29, 1.82) is 5.26 Å². The van der Waals surface area contributed by atoms with Crippen molar-refractivity contribution in [2.24, 2.45) is 0 Å². The Morgan fingerprint density at radius 2 is 2.05 bits per heavy atom. The van der Waals surface area contributed by atoms with Crippen LogP contribution in [0.2, 0.25) is 0 Å². The van der Waals surface area contributed by atoms with E-state index in [4.69, 9.17) is 5.26 Å². The molecule has 0 radical (unpaired) electrons. The molecule has 1 saturated carbocycles. The van der Waals surface area contributed by atoms with Gasteiger partial charge in [-0.25, -0.2) is 13.1 Å². The third kappa shape index (κ3) is 2.48. The maximum absolute atomic E-state index is 12.3. The van der Waals surface area contributed by atoms with Gasteiger partial charge in [-0.3, -0.25) is 0 Å². The first-order chi connectivity index (χ1) is 9.62. The largest absolute Gasteiger partial charge is 0.242 e. The van der Waals surface area contributed by atoms with Crippen molar-refractivity contribution in [1.82, 2.24) is 4.72 Å². The molecule has 0 amide bonds. The summed E-state index contributed by atoms with van der Waals surface area (Å²) in [7, 11) is -3.63. The molecule has 1 N–H and O–H groups in total. The van der Waals surface area contributed by atoms with Crippen LogP contribution in [0.25, 0.3) is 0 Å². The Balaban J connectivity index is 1.80. The quantitative estimate of drug-likeness (QED) is 0.943. The minimum Gasteiger partial charge on any atom is -0.207 e. The minimum absolute atomic E-state index is 0.0549.